The highest BCUT2D eigenvalue weighted by molar-refractivity contribution is 5.97. The van der Waals surface area contributed by atoms with Gasteiger partial charge in [-0.15, -0.1) is 0 Å². The van der Waals surface area contributed by atoms with E-state index in [1.807, 2.05) is 0 Å². The molecule has 0 aliphatic carbocycles. The fraction of sp³-hybridized carbons (Fsp3) is 0.471. The highest BCUT2D eigenvalue weighted by atomic mass is 16.2. The predicted molar refractivity (Wildman–Crippen MR) is 87.0 cm³/mol. The van der Waals surface area contributed by atoms with E-state index in [9.17, 15) is 14.4 Å². The SMILES string of the molecule is CCCCNC(=O)CCN(C(C)=O)c1cccc(C(C)=O)c1. The second kappa shape index (κ2) is 8.97. The van der Waals surface area contributed by atoms with Crippen LogP contribution in [0.25, 0.3) is 0 Å². The molecule has 2 amide bonds. The monoisotopic (exact) mass is 304 g/mol. The summed E-state index contributed by atoms with van der Waals surface area (Å²) in [5.74, 6) is -0.271. The lowest BCUT2D eigenvalue weighted by molar-refractivity contribution is -0.121. The predicted octanol–water partition coefficient (Wildman–Crippen LogP) is 2.55. The molecule has 1 aromatic rings. The average molecular weight is 304 g/mol. The van der Waals surface area contributed by atoms with Crippen LogP contribution < -0.4 is 10.2 Å². The number of Topliss-reactive ketones (excluding diaryl/α,β-unsaturated/α-hetero) is 1. The zero-order valence-corrected chi connectivity index (χ0v) is 13.5. The Morgan fingerprint density at radius 1 is 1.18 bits per heavy atom. The van der Waals surface area contributed by atoms with Gasteiger partial charge in [-0.2, -0.15) is 0 Å². The normalized spacial score (nSPS) is 10.1. The molecule has 5 heteroatoms. The Labute approximate surface area is 131 Å². The van der Waals surface area contributed by atoms with Crippen molar-refractivity contribution in [3.63, 3.8) is 0 Å². The summed E-state index contributed by atoms with van der Waals surface area (Å²) in [7, 11) is 0. The van der Waals surface area contributed by atoms with Gasteiger partial charge in [-0.1, -0.05) is 25.5 Å². The molecule has 0 spiro atoms. The van der Waals surface area contributed by atoms with Crippen molar-refractivity contribution in [2.75, 3.05) is 18.0 Å². The van der Waals surface area contributed by atoms with Gasteiger partial charge in [-0.05, 0) is 25.5 Å². The molecule has 1 rings (SSSR count). The molecule has 0 heterocycles. The maximum atomic E-state index is 11.8. The molecule has 120 valence electrons. The summed E-state index contributed by atoms with van der Waals surface area (Å²) in [5.41, 5.74) is 1.19. The molecule has 1 N–H and O–H groups in total. The van der Waals surface area contributed by atoms with Crippen LogP contribution in [-0.4, -0.2) is 30.7 Å². The Morgan fingerprint density at radius 2 is 1.91 bits per heavy atom. The molecule has 0 saturated heterocycles. The van der Waals surface area contributed by atoms with E-state index in [1.165, 1.54) is 18.7 Å². The molecule has 1 aromatic carbocycles. The molecule has 0 atom stereocenters. The van der Waals surface area contributed by atoms with Crippen molar-refractivity contribution in [2.24, 2.45) is 0 Å². The van der Waals surface area contributed by atoms with Crippen LogP contribution in [0, 0.1) is 0 Å². The van der Waals surface area contributed by atoms with Crippen LogP contribution in [0.1, 0.15) is 50.4 Å². The summed E-state index contributed by atoms with van der Waals surface area (Å²) >= 11 is 0. The van der Waals surface area contributed by atoms with Gasteiger partial charge in [0.1, 0.15) is 0 Å². The van der Waals surface area contributed by atoms with E-state index in [4.69, 9.17) is 0 Å². The Morgan fingerprint density at radius 3 is 2.50 bits per heavy atom. The van der Waals surface area contributed by atoms with Gasteiger partial charge in [0.2, 0.25) is 11.8 Å². The smallest absolute Gasteiger partial charge is 0.223 e. The van der Waals surface area contributed by atoms with Crippen molar-refractivity contribution < 1.29 is 14.4 Å². The molecule has 0 fully saturated rings. The molecule has 0 aliphatic heterocycles. The fourth-order valence-corrected chi connectivity index (χ4v) is 2.07. The summed E-state index contributed by atoms with van der Waals surface area (Å²) in [6, 6.07) is 6.90. The van der Waals surface area contributed by atoms with Crippen molar-refractivity contribution in [1.29, 1.82) is 0 Å². The van der Waals surface area contributed by atoms with E-state index in [0.717, 1.165) is 12.8 Å². The number of carbonyl (C=O) groups excluding carboxylic acids is 3. The molecule has 0 bridgehead atoms. The number of nitrogens with zero attached hydrogens (tertiary/aromatic N) is 1. The third-order valence-corrected chi connectivity index (χ3v) is 3.36. The number of ketones is 1. The number of anilines is 1. The molecule has 0 aromatic heterocycles. The van der Waals surface area contributed by atoms with Crippen LogP contribution in [-0.2, 0) is 9.59 Å². The quantitative estimate of drug-likeness (QED) is 0.593. The summed E-state index contributed by atoms with van der Waals surface area (Å²) < 4.78 is 0. The lowest BCUT2D eigenvalue weighted by atomic mass is 10.1. The molecular weight excluding hydrogens is 280 g/mol. The molecule has 22 heavy (non-hydrogen) atoms. The molecule has 0 aliphatic rings. The van der Waals surface area contributed by atoms with Crippen LogP contribution in [0.4, 0.5) is 5.69 Å². The summed E-state index contributed by atoms with van der Waals surface area (Å²) in [5, 5.41) is 2.83. The number of amides is 2. The van der Waals surface area contributed by atoms with Crippen LogP contribution >= 0.6 is 0 Å². The summed E-state index contributed by atoms with van der Waals surface area (Å²) in [6.45, 7) is 5.96. The topological polar surface area (TPSA) is 66.5 Å². The average Bonchev–Trinajstić information content (AvgIpc) is 2.47. The molecule has 0 radical (unpaired) electrons. The van der Waals surface area contributed by atoms with Crippen LogP contribution in [0.2, 0.25) is 0 Å². The third-order valence-electron chi connectivity index (χ3n) is 3.36. The van der Waals surface area contributed by atoms with E-state index in [1.54, 1.807) is 24.3 Å². The van der Waals surface area contributed by atoms with Crippen molar-refractivity contribution in [1.82, 2.24) is 5.32 Å². The molecule has 5 nitrogen and oxygen atoms in total. The Balaban J connectivity index is 2.70. The van der Waals surface area contributed by atoms with Crippen LogP contribution in [0.3, 0.4) is 0 Å². The van der Waals surface area contributed by atoms with Crippen molar-refractivity contribution in [3.8, 4) is 0 Å². The van der Waals surface area contributed by atoms with E-state index in [0.29, 0.717) is 24.3 Å². The lowest BCUT2D eigenvalue weighted by Crippen LogP contribution is -2.34. The number of hydrogen-bond donors (Lipinski definition) is 1. The number of rotatable bonds is 8. The van der Waals surface area contributed by atoms with Gasteiger partial charge in [0.25, 0.3) is 0 Å². The second-order valence-electron chi connectivity index (χ2n) is 5.23. The number of nitrogens with one attached hydrogen (secondary N) is 1. The Bertz CT molecular complexity index is 540. The van der Waals surface area contributed by atoms with E-state index >= 15 is 0 Å². The highest BCUT2D eigenvalue weighted by Gasteiger charge is 2.14. The largest absolute Gasteiger partial charge is 0.356 e. The second-order valence-corrected chi connectivity index (χ2v) is 5.23. The van der Waals surface area contributed by atoms with Gasteiger partial charge < -0.3 is 10.2 Å². The van der Waals surface area contributed by atoms with Crippen LogP contribution in [0.5, 0.6) is 0 Å². The summed E-state index contributed by atoms with van der Waals surface area (Å²) in [4.78, 5) is 36.5. The van der Waals surface area contributed by atoms with Gasteiger partial charge in [0, 0.05) is 37.7 Å². The van der Waals surface area contributed by atoms with Gasteiger partial charge in [0.15, 0.2) is 5.78 Å². The van der Waals surface area contributed by atoms with Gasteiger partial charge in [0.05, 0.1) is 0 Å². The van der Waals surface area contributed by atoms with Gasteiger partial charge in [-0.3, -0.25) is 14.4 Å². The zero-order chi connectivity index (χ0) is 16.5. The first-order chi connectivity index (χ1) is 10.5. The number of unbranched alkanes of at least 4 members (excludes halogenated alkanes) is 1. The number of benzene rings is 1. The van der Waals surface area contributed by atoms with Crippen molar-refractivity contribution >= 4 is 23.3 Å². The van der Waals surface area contributed by atoms with E-state index in [-0.39, 0.29) is 24.0 Å². The van der Waals surface area contributed by atoms with E-state index in [2.05, 4.69) is 12.2 Å². The van der Waals surface area contributed by atoms with Crippen molar-refractivity contribution in [3.05, 3.63) is 29.8 Å². The van der Waals surface area contributed by atoms with E-state index < -0.39 is 0 Å². The lowest BCUT2D eigenvalue weighted by Gasteiger charge is -2.21. The fourth-order valence-electron chi connectivity index (χ4n) is 2.07. The first kappa shape index (κ1) is 17.9. The maximum absolute atomic E-state index is 11.8. The Kier molecular flexibility index (Phi) is 7.29. The minimum Gasteiger partial charge on any atom is -0.356 e. The first-order valence-electron chi connectivity index (χ1n) is 7.61. The third kappa shape index (κ3) is 5.68. The molecule has 0 saturated carbocycles. The molecule has 0 unspecified atom stereocenters. The Hall–Kier alpha value is -2.17. The van der Waals surface area contributed by atoms with Gasteiger partial charge >= 0.3 is 0 Å². The zero-order valence-electron chi connectivity index (χ0n) is 13.5. The molecular formula is C17H24N2O3. The van der Waals surface area contributed by atoms with Crippen molar-refractivity contribution in [2.45, 2.75) is 40.0 Å². The number of hydrogen-bond acceptors (Lipinski definition) is 3. The van der Waals surface area contributed by atoms with Crippen LogP contribution in [0.15, 0.2) is 24.3 Å². The first-order valence-corrected chi connectivity index (χ1v) is 7.61. The summed E-state index contributed by atoms with van der Waals surface area (Å²) in [6.07, 6.45) is 2.22. The minimum atomic E-state index is -0.151. The maximum Gasteiger partial charge on any atom is 0.223 e. The minimum absolute atomic E-state index is 0.0531. The highest BCUT2D eigenvalue weighted by Crippen LogP contribution is 2.17. The van der Waals surface area contributed by atoms with Gasteiger partial charge in [-0.25, -0.2) is 0 Å². The number of carbonyl (C=O) groups is 3. The standard InChI is InChI=1S/C17H24N2O3/c1-4-5-10-18-17(22)9-11-19(14(3)21)16-8-6-7-15(12-16)13(2)20/h6-8,12H,4-5,9-11H2,1-3H3,(H,18,22).